The summed E-state index contributed by atoms with van der Waals surface area (Å²) in [4.78, 5) is 11.3. The SMILES string of the molecule is CC1CCC(CNc2cn[nH]c(=O)c2Br)CC1. The molecule has 0 aliphatic heterocycles. The third-order valence-electron chi connectivity index (χ3n) is 3.51. The summed E-state index contributed by atoms with van der Waals surface area (Å²) in [6, 6.07) is 0. The Balaban J connectivity index is 1.90. The summed E-state index contributed by atoms with van der Waals surface area (Å²) in [5.41, 5.74) is 0.597. The molecule has 1 aromatic rings. The zero-order chi connectivity index (χ0) is 12.3. The predicted molar refractivity (Wildman–Crippen MR) is 72.2 cm³/mol. The van der Waals surface area contributed by atoms with Crippen molar-refractivity contribution in [1.29, 1.82) is 0 Å². The van der Waals surface area contributed by atoms with E-state index in [2.05, 4.69) is 38.4 Å². The van der Waals surface area contributed by atoms with Gasteiger partial charge in [0.05, 0.1) is 11.9 Å². The van der Waals surface area contributed by atoms with Gasteiger partial charge in [-0.25, -0.2) is 5.10 Å². The number of aromatic amines is 1. The normalized spacial score (nSPS) is 24.6. The van der Waals surface area contributed by atoms with Gasteiger partial charge < -0.3 is 5.32 Å². The lowest BCUT2D eigenvalue weighted by Crippen LogP contribution is -2.21. The van der Waals surface area contributed by atoms with Crippen molar-refractivity contribution in [3.63, 3.8) is 0 Å². The van der Waals surface area contributed by atoms with Crippen LogP contribution in [0, 0.1) is 11.8 Å². The third-order valence-corrected chi connectivity index (χ3v) is 4.30. The summed E-state index contributed by atoms with van der Waals surface area (Å²) >= 11 is 3.27. The molecule has 0 amide bonds. The first-order valence-corrected chi connectivity index (χ1v) is 6.93. The average Bonchev–Trinajstić information content (AvgIpc) is 2.33. The molecule has 0 aromatic carbocycles. The van der Waals surface area contributed by atoms with Crippen LogP contribution in [0.3, 0.4) is 0 Å². The topological polar surface area (TPSA) is 57.8 Å². The van der Waals surface area contributed by atoms with E-state index in [9.17, 15) is 4.79 Å². The smallest absolute Gasteiger partial charge is 0.280 e. The van der Waals surface area contributed by atoms with Crippen molar-refractivity contribution in [1.82, 2.24) is 10.2 Å². The second kappa shape index (κ2) is 5.67. The molecule has 0 unspecified atom stereocenters. The number of aromatic nitrogens is 2. The van der Waals surface area contributed by atoms with Crippen LogP contribution >= 0.6 is 15.9 Å². The standard InChI is InChI=1S/C12H18BrN3O/c1-8-2-4-9(5-3-8)6-14-10-7-15-16-12(17)11(10)13/h7-9H,2-6H2,1H3,(H2,14,16,17). The highest BCUT2D eigenvalue weighted by Gasteiger charge is 2.18. The minimum atomic E-state index is -0.188. The maximum atomic E-state index is 11.3. The quantitative estimate of drug-likeness (QED) is 0.902. The molecule has 0 atom stereocenters. The molecule has 1 aromatic heterocycles. The van der Waals surface area contributed by atoms with E-state index in [1.807, 2.05) is 0 Å². The van der Waals surface area contributed by atoms with Crippen molar-refractivity contribution < 1.29 is 0 Å². The van der Waals surface area contributed by atoms with Gasteiger partial charge in [0.15, 0.2) is 0 Å². The highest BCUT2D eigenvalue weighted by atomic mass is 79.9. The number of hydrogen-bond acceptors (Lipinski definition) is 3. The first-order valence-electron chi connectivity index (χ1n) is 6.14. The fraction of sp³-hybridized carbons (Fsp3) is 0.667. The van der Waals surface area contributed by atoms with E-state index in [1.54, 1.807) is 6.20 Å². The average molecular weight is 300 g/mol. The van der Waals surface area contributed by atoms with Crippen molar-refractivity contribution in [2.75, 3.05) is 11.9 Å². The summed E-state index contributed by atoms with van der Waals surface area (Å²) in [6.07, 6.45) is 6.85. The number of hydrogen-bond donors (Lipinski definition) is 2. The largest absolute Gasteiger partial charge is 0.382 e. The number of halogens is 1. The molecule has 2 rings (SSSR count). The Hall–Kier alpha value is -0.840. The highest BCUT2D eigenvalue weighted by molar-refractivity contribution is 9.10. The van der Waals surface area contributed by atoms with E-state index in [-0.39, 0.29) is 5.56 Å². The van der Waals surface area contributed by atoms with Crippen LogP contribution < -0.4 is 10.9 Å². The van der Waals surface area contributed by atoms with E-state index in [0.717, 1.165) is 24.1 Å². The van der Waals surface area contributed by atoms with Crippen molar-refractivity contribution >= 4 is 21.6 Å². The van der Waals surface area contributed by atoms with Crippen LogP contribution in [0.25, 0.3) is 0 Å². The Morgan fingerprint density at radius 1 is 1.47 bits per heavy atom. The van der Waals surface area contributed by atoms with Crippen LogP contribution in [-0.4, -0.2) is 16.7 Å². The molecular formula is C12H18BrN3O. The van der Waals surface area contributed by atoms with Gasteiger partial charge in [0.25, 0.3) is 5.56 Å². The predicted octanol–water partition coefficient (Wildman–Crippen LogP) is 2.77. The summed E-state index contributed by atoms with van der Waals surface area (Å²) < 4.78 is 0.539. The van der Waals surface area contributed by atoms with Gasteiger partial charge in [-0.15, -0.1) is 0 Å². The van der Waals surface area contributed by atoms with Crippen LogP contribution in [-0.2, 0) is 0 Å². The van der Waals surface area contributed by atoms with Gasteiger partial charge in [0.1, 0.15) is 4.47 Å². The molecule has 1 aliphatic carbocycles. The molecule has 2 N–H and O–H groups in total. The number of anilines is 1. The number of rotatable bonds is 3. The monoisotopic (exact) mass is 299 g/mol. The van der Waals surface area contributed by atoms with Crippen molar-refractivity contribution in [3.8, 4) is 0 Å². The zero-order valence-corrected chi connectivity index (χ0v) is 11.6. The molecule has 0 radical (unpaired) electrons. The molecule has 0 saturated heterocycles. The lowest BCUT2D eigenvalue weighted by atomic mass is 9.83. The molecule has 1 fully saturated rings. The highest BCUT2D eigenvalue weighted by Crippen LogP contribution is 2.28. The van der Waals surface area contributed by atoms with Gasteiger partial charge in [-0.2, -0.15) is 5.10 Å². The number of nitrogens with zero attached hydrogens (tertiary/aromatic N) is 1. The summed E-state index contributed by atoms with van der Waals surface area (Å²) in [7, 11) is 0. The zero-order valence-electron chi connectivity index (χ0n) is 10.0. The van der Waals surface area contributed by atoms with Crippen LogP contribution in [0.5, 0.6) is 0 Å². The van der Waals surface area contributed by atoms with E-state index >= 15 is 0 Å². The van der Waals surface area contributed by atoms with Gasteiger partial charge in [-0.05, 0) is 40.6 Å². The fourth-order valence-electron chi connectivity index (χ4n) is 2.29. The molecule has 4 nitrogen and oxygen atoms in total. The van der Waals surface area contributed by atoms with Gasteiger partial charge in [0, 0.05) is 6.54 Å². The van der Waals surface area contributed by atoms with Gasteiger partial charge >= 0.3 is 0 Å². The van der Waals surface area contributed by atoms with E-state index in [4.69, 9.17) is 0 Å². The Morgan fingerprint density at radius 3 is 2.88 bits per heavy atom. The molecule has 1 heterocycles. The summed E-state index contributed by atoms with van der Waals surface area (Å²) in [5, 5.41) is 9.49. The third kappa shape index (κ3) is 3.31. The Morgan fingerprint density at radius 2 is 2.18 bits per heavy atom. The Labute approximate surface area is 109 Å². The molecular weight excluding hydrogens is 282 g/mol. The molecule has 1 aliphatic rings. The van der Waals surface area contributed by atoms with Crippen LogP contribution in [0.1, 0.15) is 32.6 Å². The fourth-order valence-corrected chi connectivity index (χ4v) is 2.63. The minimum Gasteiger partial charge on any atom is -0.382 e. The Kier molecular flexibility index (Phi) is 4.20. The van der Waals surface area contributed by atoms with Crippen molar-refractivity contribution in [3.05, 3.63) is 21.0 Å². The first-order chi connectivity index (χ1) is 8.16. The van der Waals surface area contributed by atoms with Gasteiger partial charge in [0.2, 0.25) is 0 Å². The lowest BCUT2D eigenvalue weighted by Gasteiger charge is -2.26. The molecule has 0 spiro atoms. The first kappa shape index (κ1) is 12.6. The van der Waals surface area contributed by atoms with Gasteiger partial charge in [-0.1, -0.05) is 19.8 Å². The maximum Gasteiger partial charge on any atom is 0.280 e. The van der Waals surface area contributed by atoms with Gasteiger partial charge in [-0.3, -0.25) is 4.79 Å². The maximum absolute atomic E-state index is 11.3. The molecule has 17 heavy (non-hydrogen) atoms. The van der Waals surface area contributed by atoms with E-state index < -0.39 is 0 Å². The molecule has 1 saturated carbocycles. The second-order valence-corrected chi connectivity index (χ2v) is 5.73. The summed E-state index contributed by atoms with van der Waals surface area (Å²) in [6.45, 7) is 3.25. The van der Waals surface area contributed by atoms with Crippen LogP contribution in [0.4, 0.5) is 5.69 Å². The lowest BCUT2D eigenvalue weighted by molar-refractivity contribution is 0.300. The summed E-state index contributed by atoms with van der Waals surface area (Å²) in [5.74, 6) is 1.59. The molecule has 94 valence electrons. The molecule has 5 heteroatoms. The van der Waals surface area contributed by atoms with Crippen molar-refractivity contribution in [2.45, 2.75) is 32.6 Å². The van der Waals surface area contributed by atoms with E-state index in [1.165, 1.54) is 25.7 Å². The van der Waals surface area contributed by atoms with Crippen molar-refractivity contribution in [2.24, 2.45) is 11.8 Å². The van der Waals surface area contributed by atoms with Crippen LogP contribution in [0.2, 0.25) is 0 Å². The second-order valence-electron chi connectivity index (χ2n) is 4.93. The van der Waals surface area contributed by atoms with E-state index in [0.29, 0.717) is 4.47 Å². The molecule has 0 bridgehead atoms. The Bertz CT molecular complexity index is 424. The minimum absolute atomic E-state index is 0.188. The number of nitrogens with one attached hydrogen (secondary N) is 2. The number of H-pyrrole nitrogens is 1. The van der Waals surface area contributed by atoms with Crippen LogP contribution in [0.15, 0.2) is 15.5 Å².